The standard InChI is InChI=1S/C18H21ClN4O2/c1-18(2,3)22-16(24)15-10-14(8-9-21-15)23(17(20)25)11-12-4-6-13(19)7-5-12/h4-10H,11H2,1-3H3,(H2,20,25)(H,22,24). The number of nitrogens with zero attached hydrogens (tertiary/aromatic N) is 2. The maximum absolute atomic E-state index is 12.3. The summed E-state index contributed by atoms with van der Waals surface area (Å²) in [5, 5.41) is 3.45. The topological polar surface area (TPSA) is 88.3 Å². The summed E-state index contributed by atoms with van der Waals surface area (Å²) in [4.78, 5) is 29.6. The van der Waals surface area contributed by atoms with Crippen molar-refractivity contribution in [2.24, 2.45) is 5.73 Å². The van der Waals surface area contributed by atoms with Gasteiger partial charge in [-0.1, -0.05) is 23.7 Å². The molecule has 25 heavy (non-hydrogen) atoms. The van der Waals surface area contributed by atoms with Gasteiger partial charge in [-0.3, -0.25) is 14.7 Å². The van der Waals surface area contributed by atoms with Gasteiger partial charge in [-0.2, -0.15) is 0 Å². The zero-order chi connectivity index (χ0) is 18.6. The van der Waals surface area contributed by atoms with E-state index in [0.717, 1.165) is 5.56 Å². The SMILES string of the molecule is CC(C)(C)NC(=O)c1cc(N(Cc2ccc(Cl)cc2)C(N)=O)ccn1. The maximum atomic E-state index is 12.3. The molecule has 3 amide bonds. The van der Waals surface area contributed by atoms with Gasteiger partial charge in [-0.15, -0.1) is 0 Å². The Labute approximate surface area is 152 Å². The minimum Gasteiger partial charge on any atom is -0.351 e. The van der Waals surface area contributed by atoms with E-state index in [4.69, 9.17) is 17.3 Å². The smallest absolute Gasteiger partial charge is 0.319 e. The van der Waals surface area contributed by atoms with E-state index in [0.29, 0.717) is 10.7 Å². The van der Waals surface area contributed by atoms with Gasteiger partial charge in [-0.25, -0.2) is 4.79 Å². The van der Waals surface area contributed by atoms with Crippen molar-refractivity contribution in [2.75, 3.05) is 4.90 Å². The molecule has 0 aliphatic rings. The highest BCUT2D eigenvalue weighted by Crippen LogP contribution is 2.19. The van der Waals surface area contributed by atoms with Crippen molar-refractivity contribution in [3.63, 3.8) is 0 Å². The van der Waals surface area contributed by atoms with E-state index in [1.54, 1.807) is 24.3 Å². The van der Waals surface area contributed by atoms with Crippen LogP contribution in [0.1, 0.15) is 36.8 Å². The summed E-state index contributed by atoms with van der Waals surface area (Å²) in [5.41, 5.74) is 6.70. The van der Waals surface area contributed by atoms with Gasteiger partial charge in [0.05, 0.1) is 6.54 Å². The first-order chi connectivity index (χ1) is 11.7. The van der Waals surface area contributed by atoms with Crippen LogP contribution in [0.15, 0.2) is 42.6 Å². The third-order valence-corrected chi connectivity index (χ3v) is 3.55. The van der Waals surface area contributed by atoms with E-state index in [1.165, 1.54) is 11.1 Å². The Hall–Kier alpha value is -2.60. The van der Waals surface area contributed by atoms with E-state index in [1.807, 2.05) is 32.9 Å². The van der Waals surface area contributed by atoms with E-state index in [2.05, 4.69) is 10.3 Å². The number of halogens is 1. The van der Waals surface area contributed by atoms with E-state index >= 15 is 0 Å². The van der Waals surface area contributed by atoms with E-state index < -0.39 is 6.03 Å². The summed E-state index contributed by atoms with van der Waals surface area (Å²) < 4.78 is 0. The number of amides is 3. The van der Waals surface area contributed by atoms with Crippen LogP contribution < -0.4 is 16.0 Å². The van der Waals surface area contributed by atoms with Gasteiger partial charge in [0, 0.05) is 22.4 Å². The molecular formula is C18H21ClN4O2. The van der Waals surface area contributed by atoms with Gasteiger partial charge in [0.2, 0.25) is 0 Å². The van der Waals surface area contributed by atoms with Crippen LogP contribution in [0.4, 0.5) is 10.5 Å². The Kier molecular flexibility index (Phi) is 5.64. The minimum atomic E-state index is -0.622. The van der Waals surface area contributed by atoms with Crippen LogP contribution in [-0.2, 0) is 6.54 Å². The van der Waals surface area contributed by atoms with Crippen LogP contribution in [-0.4, -0.2) is 22.5 Å². The fourth-order valence-electron chi connectivity index (χ4n) is 2.18. The minimum absolute atomic E-state index is 0.217. The number of benzene rings is 1. The Morgan fingerprint density at radius 1 is 1.20 bits per heavy atom. The van der Waals surface area contributed by atoms with E-state index in [9.17, 15) is 9.59 Å². The molecule has 2 aromatic rings. The molecule has 0 saturated carbocycles. The van der Waals surface area contributed by atoms with Gasteiger partial charge in [0.1, 0.15) is 5.69 Å². The molecule has 0 fully saturated rings. The Morgan fingerprint density at radius 2 is 1.84 bits per heavy atom. The average Bonchev–Trinajstić information content (AvgIpc) is 2.52. The number of pyridine rings is 1. The molecule has 1 aromatic carbocycles. The van der Waals surface area contributed by atoms with E-state index in [-0.39, 0.29) is 23.7 Å². The van der Waals surface area contributed by atoms with Crippen molar-refractivity contribution in [3.05, 3.63) is 58.9 Å². The fourth-order valence-corrected chi connectivity index (χ4v) is 2.31. The molecule has 132 valence electrons. The molecule has 0 bridgehead atoms. The molecular weight excluding hydrogens is 340 g/mol. The van der Waals surface area contributed by atoms with Gasteiger partial charge in [0.25, 0.3) is 5.91 Å². The lowest BCUT2D eigenvalue weighted by Crippen LogP contribution is -2.41. The Morgan fingerprint density at radius 3 is 2.40 bits per heavy atom. The highest BCUT2D eigenvalue weighted by molar-refractivity contribution is 6.30. The molecule has 6 nitrogen and oxygen atoms in total. The fraction of sp³-hybridized carbons (Fsp3) is 0.278. The number of rotatable bonds is 4. The summed E-state index contributed by atoms with van der Waals surface area (Å²) in [5.74, 6) is -0.315. The molecule has 0 spiro atoms. The number of nitrogens with one attached hydrogen (secondary N) is 1. The number of aromatic nitrogens is 1. The summed E-state index contributed by atoms with van der Waals surface area (Å²) in [6.07, 6.45) is 1.48. The van der Waals surface area contributed by atoms with Crippen LogP contribution in [0.2, 0.25) is 5.02 Å². The van der Waals surface area contributed by atoms with Gasteiger partial charge >= 0.3 is 6.03 Å². The highest BCUT2D eigenvalue weighted by Gasteiger charge is 2.19. The zero-order valence-electron chi connectivity index (χ0n) is 14.4. The van der Waals surface area contributed by atoms with Crippen LogP contribution >= 0.6 is 11.6 Å². The second-order valence-electron chi connectivity index (χ2n) is 6.65. The number of hydrogen-bond donors (Lipinski definition) is 2. The molecule has 1 aromatic heterocycles. The predicted molar refractivity (Wildman–Crippen MR) is 98.7 cm³/mol. The maximum Gasteiger partial charge on any atom is 0.319 e. The van der Waals surface area contributed by atoms with Crippen molar-refractivity contribution in [3.8, 4) is 0 Å². The molecule has 0 aliphatic heterocycles. The molecule has 1 heterocycles. The first kappa shape index (κ1) is 18.7. The lowest BCUT2D eigenvalue weighted by molar-refractivity contribution is 0.0914. The summed E-state index contributed by atoms with van der Waals surface area (Å²) in [6.45, 7) is 5.90. The number of anilines is 1. The number of carbonyl (C=O) groups is 2. The van der Waals surface area contributed by atoms with Crippen molar-refractivity contribution in [1.82, 2.24) is 10.3 Å². The molecule has 0 aliphatic carbocycles. The number of nitrogens with two attached hydrogens (primary N) is 1. The lowest BCUT2D eigenvalue weighted by Gasteiger charge is -2.22. The molecule has 0 radical (unpaired) electrons. The Bertz CT molecular complexity index is 769. The van der Waals surface area contributed by atoms with Crippen molar-refractivity contribution < 1.29 is 9.59 Å². The lowest BCUT2D eigenvalue weighted by atomic mass is 10.1. The van der Waals surface area contributed by atoms with Gasteiger partial charge in [-0.05, 0) is 50.6 Å². The Balaban J connectivity index is 2.26. The number of carbonyl (C=O) groups excluding carboxylic acids is 2. The van der Waals surface area contributed by atoms with Crippen LogP contribution in [0.5, 0.6) is 0 Å². The van der Waals surface area contributed by atoms with Crippen LogP contribution in [0.25, 0.3) is 0 Å². The van der Waals surface area contributed by atoms with Crippen LogP contribution in [0, 0.1) is 0 Å². The van der Waals surface area contributed by atoms with Crippen LogP contribution in [0.3, 0.4) is 0 Å². The predicted octanol–water partition coefficient (Wildman–Crippen LogP) is 3.35. The molecule has 3 N–H and O–H groups in total. The highest BCUT2D eigenvalue weighted by atomic mass is 35.5. The second kappa shape index (κ2) is 7.53. The van der Waals surface area contributed by atoms with Gasteiger partial charge < -0.3 is 11.1 Å². The summed E-state index contributed by atoms with van der Waals surface area (Å²) in [7, 11) is 0. The van der Waals surface area contributed by atoms with Crippen molar-refractivity contribution in [1.29, 1.82) is 0 Å². The van der Waals surface area contributed by atoms with Crippen molar-refractivity contribution in [2.45, 2.75) is 32.9 Å². The van der Waals surface area contributed by atoms with Gasteiger partial charge in [0.15, 0.2) is 0 Å². The quantitative estimate of drug-likeness (QED) is 0.876. The second-order valence-corrected chi connectivity index (χ2v) is 7.09. The zero-order valence-corrected chi connectivity index (χ0v) is 15.2. The third kappa shape index (κ3) is 5.46. The summed E-state index contributed by atoms with van der Waals surface area (Å²) >= 11 is 5.88. The molecule has 0 atom stereocenters. The third-order valence-electron chi connectivity index (χ3n) is 3.30. The first-order valence-corrected chi connectivity index (χ1v) is 8.13. The first-order valence-electron chi connectivity index (χ1n) is 7.76. The molecule has 0 unspecified atom stereocenters. The summed E-state index contributed by atoms with van der Waals surface area (Å²) in [6, 6.07) is 9.66. The number of hydrogen-bond acceptors (Lipinski definition) is 3. The molecule has 0 saturated heterocycles. The largest absolute Gasteiger partial charge is 0.351 e. The molecule has 2 rings (SSSR count). The molecule has 7 heteroatoms. The monoisotopic (exact) mass is 360 g/mol. The number of urea groups is 1. The van der Waals surface area contributed by atoms with Crippen molar-refractivity contribution >= 4 is 29.2 Å². The average molecular weight is 361 g/mol. The number of primary amides is 1. The normalized spacial score (nSPS) is 11.0.